The molecule has 0 aliphatic rings. The Labute approximate surface area is 187 Å². The van der Waals surface area contributed by atoms with Gasteiger partial charge in [-0.2, -0.15) is 43.9 Å². The Morgan fingerprint density at radius 2 is 1.26 bits per heavy atom. The minimum absolute atomic E-state index is 0.355. The van der Waals surface area contributed by atoms with Gasteiger partial charge in [0.05, 0.1) is 7.11 Å². The summed E-state index contributed by atoms with van der Waals surface area (Å²) in [5, 5.41) is -7.42. The van der Waals surface area contributed by atoms with Crippen molar-refractivity contribution in [2.24, 2.45) is 0 Å². The predicted octanol–water partition coefficient (Wildman–Crippen LogP) is 4.79. The normalized spacial score (nSPS) is 14.2. The molecule has 19 heteroatoms. The van der Waals surface area contributed by atoms with Crippen LogP contribution in [-0.4, -0.2) is 68.3 Å². The molecule has 1 rings (SSSR count). The largest absolute Gasteiger partial charge is 0.743 e. The molecule has 0 aliphatic carbocycles. The zero-order valence-electron chi connectivity index (χ0n) is 16.8. The molecule has 0 radical (unpaired) electrons. The van der Waals surface area contributed by atoms with Gasteiger partial charge in [0.1, 0.15) is 18.3 Å². The molecule has 0 fully saturated rings. The second-order valence-corrected chi connectivity index (χ2v) is 9.62. The lowest BCUT2D eigenvalue weighted by Crippen LogP contribution is -2.66. The Morgan fingerprint density at radius 3 is 1.56 bits per heavy atom. The lowest BCUT2D eigenvalue weighted by molar-refractivity contribution is -0.480. The molecule has 5 nitrogen and oxygen atoms in total. The van der Waals surface area contributed by atoms with E-state index in [9.17, 15) is 65.7 Å². The van der Waals surface area contributed by atoms with Crippen molar-refractivity contribution in [2.45, 2.75) is 40.6 Å². The first-order valence-electron chi connectivity index (χ1n) is 7.93. The molecule has 0 unspecified atom stereocenters. The van der Waals surface area contributed by atoms with Crippen LogP contribution in [0.3, 0.4) is 0 Å². The van der Waals surface area contributed by atoms with E-state index in [0.29, 0.717) is 10.9 Å². The number of rotatable bonds is 9. The number of methoxy groups -OCH3 is 1. The fourth-order valence-corrected chi connectivity index (χ4v) is 2.77. The molecule has 1 aromatic rings. The quantitative estimate of drug-likeness (QED) is 0.244. The lowest BCUT2D eigenvalue weighted by Gasteiger charge is -2.37. The predicted molar refractivity (Wildman–Crippen MR) is 92.0 cm³/mol. The second kappa shape index (κ2) is 10.6. The van der Waals surface area contributed by atoms with E-state index in [-0.39, 0.29) is 0 Å². The van der Waals surface area contributed by atoms with Crippen LogP contribution in [0.1, 0.15) is 0 Å². The van der Waals surface area contributed by atoms with Crippen LogP contribution in [-0.2, 0) is 25.7 Å². The van der Waals surface area contributed by atoms with E-state index in [1.165, 1.54) is 9.63 Å². The third-order valence-corrected chi connectivity index (χ3v) is 5.59. The van der Waals surface area contributed by atoms with Crippen LogP contribution in [0.25, 0.3) is 0 Å². The third-order valence-electron chi connectivity index (χ3n) is 3.49. The minimum Gasteiger partial charge on any atom is -0.743 e. The van der Waals surface area contributed by atoms with Crippen LogP contribution >= 0.6 is 0 Å². The molecule has 0 aliphatic heterocycles. The monoisotopic (exact) mass is 566 g/mol. The molecule has 0 N–H and O–H groups in total. The van der Waals surface area contributed by atoms with Gasteiger partial charge in [-0.1, -0.05) is 0 Å². The van der Waals surface area contributed by atoms with Gasteiger partial charge in [-0.05, 0) is 24.3 Å². The summed E-state index contributed by atoms with van der Waals surface area (Å²) in [6.45, 7) is 0. The maximum absolute atomic E-state index is 12.7. The number of alkyl halides is 12. The van der Waals surface area contributed by atoms with E-state index < -0.39 is 45.9 Å². The number of hydrogen-bond acceptors (Lipinski definition) is 5. The summed E-state index contributed by atoms with van der Waals surface area (Å²) in [7, 11) is -5.66. The molecule has 34 heavy (non-hydrogen) atoms. The van der Waals surface area contributed by atoms with Gasteiger partial charge in [-0.15, -0.1) is 0 Å². The van der Waals surface area contributed by atoms with Crippen molar-refractivity contribution in [1.82, 2.24) is 0 Å². The van der Waals surface area contributed by atoms with Gasteiger partial charge in [0.25, 0.3) is 0 Å². The first-order chi connectivity index (χ1) is 14.9. The van der Waals surface area contributed by atoms with Crippen molar-refractivity contribution in [3.63, 3.8) is 0 Å². The van der Waals surface area contributed by atoms with Gasteiger partial charge < -0.3 is 9.29 Å². The Kier molecular flexibility index (Phi) is 10.1. The highest BCUT2D eigenvalue weighted by molar-refractivity contribution is 7.95. The van der Waals surface area contributed by atoms with Crippen molar-refractivity contribution in [3.8, 4) is 5.75 Å². The van der Waals surface area contributed by atoms with E-state index in [4.69, 9.17) is 4.74 Å². The van der Waals surface area contributed by atoms with Crippen molar-refractivity contribution in [2.75, 3.05) is 19.6 Å². The summed E-state index contributed by atoms with van der Waals surface area (Å²) in [5.74, 6) is -14.7. The molecular weight excluding hydrogens is 552 g/mol. The molecule has 0 amide bonds. The van der Waals surface area contributed by atoms with Gasteiger partial charge in [-0.3, -0.25) is 0 Å². The summed E-state index contributed by atoms with van der Waals surface area (Å²) < 4.78 is 184. The van der Waals surface area contributed by atoms with Gasteiger partial charge in [0.2, 0.25) is 0 Å². The fourth-order valence-electron chi connectivity index (χ4n) is 1.65. The molecule has 0 bridgehead atoms. The summed E-state index contributed by atoms with van der Waals surface area (Å²) in [6.07, 6.45) is -14.8. The maximum Gasteiger partial charge on any atom is 0.430 e. The molecular formula is C15H14F12O5S2. The molecule has 0 heterocycles. The third kappa shape index (κ3) is 6.75. The molecule has 200 valence electrons. The zero-order valence-corrected chi connectivity index (χ0v) is 18.4. The average molecular weight is 566 g/mol. The van der Waals surface area contributed by atoms with Gasteiger partial charge >= 0.3 is 35.7 Å². The Hall–Kier alpha value is -1.60. The van der Waals surface area contributed by atoms with Crippen molar-refractivity contribution < 1.29 is 75.1 Å². The smallest absolute Gasteiger partial charge is 0.430 e. The highest BCUT2D eigenvalue weighted by Crippen LogP contribution is 2.55. The molecule has 0 aromatic heterocycles. The van der Waals surface area contributed by atoms with Crippen molar-refractivity contribution >= 4 is 21.0 Å². The fraction of sp³-hybridized carbons (Fsp3) is 0.600. The standard InChI is InChI=1S/C9H13OS.C6H2F12O4S/c1-10-8-4-6-9(7-5-8)11(2)3;7-1(8)2(9,10)22-5(15,16)3(11,12)4(13,14)6(17,18)23(19,20)21/h4-7H,1-3H3;1H,(H,19,20,21)/q+1;/p-1. The maximum atomic E-state index is 12.7. The minimum atomic E-state index is -7.81. The number of benzene rings is 1. The number of hydrogen-bond donors (Lipinski definition) is 0. The Morgan fingerprint density at radius 1 is 0.853 bits per heavy atom. The van der Waals surface area contributed by atoms with E-state index in [0.717, 1.165) is 5.75 Å². The first kappa shape index (κ1) is 32.4. The SMILES string of the molecule is COc1ccc([S+](C)C)cc1.O=S(=O)([O-])C(F)(F)C(F)(F)C(F)(F)C(F)(F)OC(F)(F)C(F)F. The van der Waals surface area contributed by atoms with E-state index >= 15 is 0 Å². The van der Waals surface area contributed by atoms with E-state index in [1.807, 2.05) is 12.1 Å². The zero-order chi connectivity index (χ0) is 27.6. The molecule has 0 saturated carbocycles. The average Bonchev–Trinajstić information content (AvgIpc) is 2.66. The number of ether oxygens (including phenoxy) is 2. The van der Waals surface area contributed by atoms with Crippen LogP contribution in [0.15, 0.2) is 29.2 Å². The topological polar surface area (TPSA) is 75.7 Å². The molecule has 0 spiro atoms. The van der Waals surface area contributed by atoms with Crippen molar-refractivity contribution in [1.29, 1.82) is 0 Å². The summed E-state index contributed by atoms with van der Waals surface area (Å²) in [6, 6.07) is 8.23. The Bertz CT molecular complexity index is 905. The van der Waals surface area contributed by atoms with Crippen LogP contribution in [0.4, 0.5) is 52.7 Å². The number of halogens is 12. The summed E-state index contributed by atoms with van der Waals surface area (Å²) >= 11 is 0. The highest BCUT2D eigenvalue weighted by atomic mass is 32.2. The van der Waals surface area contributed by atoms with Crippen LogP contribution in [0.2, 0.25) is 0 Å². The van der Waals surface area contributed by atoms with Crippen LogP contribution < -0.4 is 4.74 Å². The lowest BCUT2D eigenvalue weighted by atomic mass is 10.1. The Balaban J connectivity index is 0.000000818. The highest BCUT2D eigenvalue weighted by Gasteiger charge is 2.85. The van der Waals surface area contributed by atoms with Crippen LogP contribution in [0.5, 0.6) is 5.75 Å². The van der Waals surface area contributed by atoms with E-state index in [2.05, 4.69) is 24.6 Å². The molecule has 0 atom stereocenters. The van der Waals surface area contributed by atoms with Gasteiger partial charge in [0, 0.05) is 10.9 Å². The van der Waals surface area contributed by atoms with E-state index in [1.54, 1.807) is 7.11 Å². The van der Waals surface area contributed by atoms with Crippen molar-refractivity contribution in [3.05, 3.63) is 24.3 Å². The summed E-state index contributed by atoms with van der Waals surface area (Å²) in [5.41, 5.74) is 0. The van der Waals surface area contributed by atoms with Crippen LogP contribution in [0, 0.1) is 0 Å². The second-order valence-electron chi connectivity index (χ2n) is 6.09. The summed E-state index contributed by atoms with van der Waals surface area (Å²) in [4.78, 5) is 1.38. The molecule has 0 saturated heterocycles. The first-order valence-corrected chi connectivity index (χ1v) is 11.4. The molecule has 1 aromatic carbocycles. The van der Waals surface area contributed by atoms with Gasteiger partial charge in [0.15, 0.2) is 15.0 Å². The van der Waals surface area contributed by atoms with Gasteiger partial charge in [-0.25, -0.2) is 21.9 Å².